The fourth-order valence-electron chi connectivity index (χ4n) is 3.62. The van der Waals surface area contributed by atoms with Crippen molar-refractivity contribution >= 4 is 11.6 Å². The number of aryl methyl sites for hydroxylation is 1. The van der Waals surface area contributed by atoms with Crippen LogP contribution in [0.25, 0.3) is 0 Å². The van der Waals surface area contributed by atoms with E-state index in [1.54, 1.807) is 6.20 Å². The quantitative estimate of drug-likeness (QED) is 0.766. The molecule has 0 unspecified atom stereocenters. The van der Waals surface area contributed by atoms with Gasteiger partial charge in [0.25, 0.3) is 0 Å². The van der Waals surface area contributed by atoms with E-state index in [1.165, 1.54) is 24.0 Å². The Hall–Kier alpha value is -2.73. The second-order valence-corrected chi connectivity index (χ2v) is 6.91. The average molecular weight is 348 g/mol. The van der Waals surface area contributed by atoms with Crippen molar-refractivity contribution in [2.75, 3.05) is 18.4 Å². The number of piperidine rings is 1. The first-order valence-electron chi connectivity index (χ1n) is 9.10. The lowest BCUT2D eigenvalue weighted by molar-refractivity contribution is 0.200. The van der Waals surface area contributed by atoms with Crippen LogP contribution < -0.4 is 5.32 Å². The van der Waals surface area contributed by atoms with Crippen molar-refractivity contribution in [3.8, 4) is 0 Å². The van der Waals surface area contributed by atoms with E-state index in [0.717, 1.165) is 31.3 Å². The third-order valence-corrected chi connectivity index (χ3v) is 4.85. The number of anilines is 2. The number of aromatic nitrogens is 4. The Balaban J connectivity index is 1.44. The molecule has 1 atom stereocenters. The van der Waals surface area contributed by atoms with Gasteiger partial charge in [0.1, 0.15) is 11.6 Å². The Morgan fingerprint density at radius 1 is 1.15 bits per heavy atom. The Morgan fingerprint density at radius 3 is 2.88 bits per heavy atom. The van der Waals surface area contributed by atoms with Crippen molar-refractivity contribution in [2.24, 2.45) is 7.05 Å². The van der Waals surface area contributed by atoms with Gasteiger partial charge in [0.05, 0.1) is 6.20 Å². The Morgan fingerprint density at radius 2 is 2.08 bits per heavy atom. The smallest absolute Gasteiger partial charge is 0.131 e. The topological polar surface area (TPSA) is 58.9 Å². The van der Waals surface area contributed by atoms with Gasteiger partial charge in [0, 0.05) is 44.3 Å². The lowest BCUT2D eigenvalue weighted by Gasteiger charge is -2.32. The van der Waals surface area contributed by atoms with E-state index >= 15 is 0 Å². The van der Waals surface area contributed by atoms with E-state index in [2.05, 4.69) is 43.6 Å². The third-order valence-electron chi connectivity index (χ3n) is 4.85. The molecule has 1 saturated heterocycles. The third kappa shape index (κ3) is 4.08. The molecule has 6 nitrogen and oxygen atoms in total. The molecule has 0 spiro atoms. The lowest BCUT2D eigenvalue weighted by atomic mass is 9.91. The standard InChI is InChI=1S/C20H24N6/c1-25-13-16(12-23-25)14-26-10-4-5-18(15-26)17-7-9-22-20(11-17)24-19-6-2-3-8-21-19/h2-3,6-9,11-13,18H,4-5,10,14-15H2,1H3,(H,21,22,24)/t18-/m1/s1. The molecule has 1 aliphatic heterocycles. The van der Waals surface area contributed by atoms with Crippen LogP contribution in [0.15, 0.2) is 55.1 Å². The normalized spacial score (nSPS) is 18.0. The minimum Gasteiger partial charge on any atom is -0.325 e. The van der Waals surface area contributed by atoms with Gasteiger partial charge in [-0.2, -0.15) is 5.10 Å². The minimum absolute atomic E-state index is 0.535. The maximum absolute atomic E-state index is 4.44. The van der Waals surface area contributed by atoms with Crippen LogP contribution in [0.5, 0.6) is 0 Å². The molecule has 3 aromatic heterocycles. The molecule has 0 saturated carbocycles. The second-order valence-electron chi connectivity index (χ2n) is 6.91. The molecule has 0 aliphatic carbocycles. The van der Waals surface area contributed by atoms with E-state index < -0.39 is 0 Å². The van der Waals surface area contributed by atoms with Gasteiger partial charge in [0.15, 0.2) is 0 Å². The number of nitrogens with one attached hydrogen (secondary N) is 1. The summed E-state index contributed by atoms with van der Waals surface area (Å²) in [5, 5.41) is 7.57. The van der Waals surface area contributed by atoms with Crippen molar-refractivity contribution in [2.45, 2.75) is 25.3 Å². The summed E-state index contributed by atoms with van der Waals surface area (Å²) in [6.45, 7) is 3.19. The summed E-state index contributed by atoms with van der Waals surface area (Å²) in [7, 11) is 1.97. The van der Waals surface area contributed by atoms with Gasteiger partial charge in [-0.1, -0.05) is 6.07 Å². The lowest BCUT2D eigenvalue weighted by Crippen LogP contribution is -2.33. The maximum Gasteiger partial charge on any atom is 0.131 e. The van der Waals surface area contributed by atoms with Gasteiger partial charge in [-0.15, -0.1) is 0 Å². The number of hydrogen-bond acceptors (Lipinski definition) is 5. The molecule has 0 amide bonds. The Labute approximate surface area is 153 Å². The summed E-state index contributed by atoms with van der Waals surface area (Å²) in [5.74, 6) is 2.21. The van der Waals surface area contributed by atoms with Crippen LogP contribution in [-0.2, 0) is 13.6 Å². The van der Waals surface area contributed by atoms with E-state index in [1.807, 2.05) is 42.3 Å². The first-order valence-corrected chi connectivity index (χ1v) is 9.10. The molecule has 4 rings (SSSR count). The monoisotopic (exact) mass is 348 g/mol. The number of likely N-dealkylation sites (tertiary alicyclic amines) is 1. The molecular formula is C20H24N6. The zero-order valence-electron chi connectivity index (χ0n) is 15.0. The van der Waals surface area contributed by atoms with Crippen molar-refractivity contribution in [1.82, 2.24) is 24.6 Å². The zero-order valence-corrected chi connectivity index (χ0v) is 15.0. The highest BCUT2D eigenvalue weighted by Gasteiger charge is 2.22. The molecule has 0 bridgehead atoms. The summed E-state index contributed by atoms with van der Waals surface area (Å²) < 4.78 is 1.87. The minimum atomic E-state index is 0.535. The number of hydrogen-bond donors (Lipinski definition) is 1. The van der Waals surface area contributed by atoms with Crippen molar-refractivity contribution in [3.05, 3.63) is 66.2 Å². The second kappa shape index (κ2) is 7.66. The molecule has 26 heavy (non-hydrogen) atoms. The van der Waals surface area contributed by atoms with Crippen LogP contribution in [0.2, 0.25) is 0 Å². The van der Waals surface area contributed by atoms with Crippen molar-refractivity contribution < 1.29 is 0 Å². The van der Waals surface area contributed by atoms with Crippen LogP contribution in [0.4, 0.5) is 11.6 Å². The molecule has 6 heteroatoms. The molecule has 0 aromatic carbocycles. The van der Waals surface area contributed by atoms with Crippen LogP contribution >= 0.6 is 0 Å². The summed E-state index contributed by atoms with van der Waals surface area (Å²) in [5.41, 5.74) is 2.62. The predicted molar refractivity (Wildman–Crippen MR) is 102 cm³/mol. The molecule has 0 radical (unpaired) electrons. The van der Waals surface area contributed by atoms with Crippen LogP contribution in [0, 0.1) is 0 Å². The van der Waals surface area contributed by atoms with Crippen LogP contribution in [-0.4, -0.2) is 37.7 Å². The number of pyridine rings is 2. The zero-order chi connectivity index (χ0) is 17.8. The molecule has 1 fully saturated rings. The molecule has 1 N–H and O–H groups in total. The van der Waals surface area contributed by atoms with Gasteiger partial charge >= 0.3 is 0 Å². The first kappa shape index (κ1) is 16.7. The average Bonchev–Trinajstić information content (AvgIpc) is 3.08. The number of nitrogens with zero attached hydrogens (tertiary/aromatic N) is 5. The van der Waals surface area contributed by atoms with Crippen molar-refractivity contribution in [3.63, 3.8) is 0 Å². The molecule has 1 aliphatic rings. The van der Waals surface area contributed by atoms with Gasteiger partial charge in [0.2, 0.25) is 0 Å². The predicted octanol–water partition coefficient (Wildman–Crippen LogP) is 3.33. The largest absolute Gasteiger partial charge is 0.325 e. The van der Waals surface area contributed by atoms with E-state index in [9.17, 15) is 0 Å². The van der Waals surface area contributed by atoms with Crippen LogP contribution in [0.3, 0.4) is 0 Å². The Kier molecular flexibility index (Phi) is 4.93. The van der Waals surface area contributed by atoms with Gasteiger partial charge < -0.3 is 5.32 Å². The summed E-state index contributed by atoms with van der Waals surface area (Å²) in [6, 6.07) is 10.1. The van der Waals surface area contributed by atoms with Gasteiger partial charge in [-0.05, 0) is 55.1 Å². The van der Waals surface area contributed by atoms with Crippen molar-refractivity contribution in [1.29, 1.82) is 0 Å². The van der Waals surface area contributed by atoms with E-state index in [0.29, 0.717) is 5.92 Å². The molecular weight excluding hydrogens is 324 g/mol. The van der Waals surface area contributed by atoms with E-state index in [4.69, 9.17) is 0 Å². The highest BCUT2D eigenvalue weighted by atomic mass is 15.2. The first-order chi connectivity index (χ1) is 12.8. The van der Waals surface area contributed by atoms with Gasteiger partial charge in [-0.25, -0.2) is 9.97 Å². The van der Waals surface area contributed by atoms with E-state index in [-0.39, 0.29) is 0 Å². The summed E-state index contributed by atoms with van der Waals surface area (Å²) in [6.07, 6.45) is 10.2. The summed E-state index contributed by atoms with van der Waals surface area (Å²) >= 11 is 0. The highest BCUT2D eigenvalue weighted by Crippen LogP contribution is 2.29. The Bertz CT molecular complexity index is 844. The fourth-order valence-corrected chi connectivity index (χ4v) is 3.62. The molecule has 4 heterocycles. The van der Waals surface area contributed by atoms with Crippen LogP contribution in [0.1, 0.15) is 29.9 Å². The summed E-state index contributed by atoms with van der Waals surface area (Å²) in [4.78, 5) is 11.3. The van der Waals surface area contributed by atoms with Gasteiger partial charge in [-0.3, -0.25) is 9.58 Å². The number of rotatable bonds is 5. The molecule has 3 aromatic rings. The molecule has 134 valence electrons. The highest BCUT2D eigenvalue weighted by molar-refractivity contribution is 5.52. The maximum atomic E-state index is 4.44. The fraction of sp³-hybridized carbons (Fsp3) is 0.350. The SMILES string of the molecule is Cn1cc(CN2CCC[C@@H](c3ccnc(Nc4ccccn4)c3)C2)cn1.